The van der Waals surface area contributed by atoms with Crippen molar-refractivity contribution < 1.29 is 38.2 Å². The molecule has 0 saturated heterocycles. The van der Waals surface area contributed by atoms with Crippen molar-refractivity contribution >= 4 is 35.0 Å². The fraction of sp³-hybridized carbons (Fsp3) is 0.500. The van der Waals surface area contributed by atoms with Crippen LogP contribution in [0.5, 0.6) is 11.5 Å². The third-order valence-electron chi connectivity index (χ3n) is 8.72. The van der Waals surface area contributed by atoms with Gasteiger partial charge in [-0.1, -0.05) is 12.1 Å². The molecular formula is C36H50N6O8. The first-order valence-electron chi connectivity index (χ1n) is 16.9. The minimum absolute atomic E-state index is 0.209. The number of nitrogens with zero attached hydrogens (tertiary/aromatic N) is 3. The molecule has 2 heterocycles. The van der Waals surface area contributed by atoms with Crippen LogP contribution in [0.2, 0.25) is 0 Å². The molecule has 1 aliphatic rings. The summed E-state index contributed by atoms with van der Waals surface area (Å²) in [5.74, 6) is 0.931. The number of rotatable bonds is 8. The van der Waals surface area contributed by atoms with Gasteiger partial charge in [0.05, 0.1) is 37.5 Å². The highest BCUT2D eigenvalue weighted by molar-refractivity contribution is 6.02. The summed E-state index contributed by atoms with van der Waals surface area (Å²) in [5.41, 5.74) is 2.30. The SMILES string of the molecule is COc1ccc(NC(=O)Nc2ccc3c(c2)C(=O)N([C@H](C)CO)C[C@H](C)[C@@H](CN(C)C(=O)Nc2c(C)noc2C)OCCCC[C@@H](C)O3)cc1. The number of hydrogen-bond donors (Lipinski definition) is 4. The van der Waals surface area contributed by atoms with Crippen molar-refractivity contribution in [1.82, 2.24) is 15.0 Å². The van der Waals surface area contributed by atoms with Gasteiger partial charge in [-0.3, -0.25) is 4.79 Å². The highest BCUT2D eigenvalue weighted by Gasteiger charge is 2.31. The topological polar surface area (TPSA) is 168 Å². The Hall–Kier alpha value is -4.82. The molecule has 0 unspecified atom stereocenters. The number of aromatic nitrogens is 1. The van der Waals surface area contributed by atoms with Crippen LogP contribution in [0.25, 0.3) is 0 Å². The van der Waals surface area contributed by atoms with Crippen molar-refractivity contribution in [2.75, 3.05) is 56.4 Å². The van der Waals surface area contributed by atoms with Crippen molar-refractivity contribution in [3.8, 4) is 11.5 Å². The molecular weight excluding hydrogens is 644 g/mol. The van der Waals surface area contributed by atoms with Crippen molar-refractivity contribution in [3.63, 3.8) is 0 Å². The molecule has 4 atom stereocenters. The molecule has 0 radical (unpaired) electrons. The lowest BCUT2D eigenvalue weighted by atomic mass is 10.0. The zero-order chi connectivity index (χ0) is 36.4. The number of amides is 5. The number of carbonyl (C=O) groups excluding carboxylic acids is 3. The first-order valence-corrected chi connectivity index (χ1v) is 16.9. The second kappa shape index (κ2) is 17.7. The molecule has 3 aromatic rings. The number of aliphatic hydroxyl groups is 1. The van der Waals surface area contributed by atoms with E-state index in [2.05, 4.69) is 21.1 Å². The second-order valence-corrected chi connectivity index (χ2v) is 12.8. The highest BCUT2D eigenvalue weighted by Crippen LogP contribution is 2.29. The van der Waals surface area contributed by atoms with Gasteiger partial charge in [-0.05, 0) is 89.4 Å². The number of aryl methyl sites for hydroxylation is 2. The van der Waals surface area contributed by atoms with Gasteiger partial charge in [-0.15, -0.1) is 0 Å². The van der Waals surface area contributed by atoms with E-state index in [0.29, 0.717) is 46.6 Å². The summed E-state index contributed by atoms with van der Waals surface area (Å²) in [5, 5.41) is 22.6. The van der Waals surface area contributed by atoms with Crippen molar-refractivity contribution in [3.05, 3.63) is 59.5 Å². The molecule has 5 amide bonds. The number of aliphatic hydroxyl groups excluding tert-OH is 1. The zero-order valence-electron chi connectivity index (χ0n) is 29.9. The maximum atomic E-state index is 14.4. The Kier molecular flexibility index (Phi) is 13.5. The number of fused-ring (bicyclic) bond motifs is 1. The first kappa shape index (κ1) is 38.0. The number of urea groups is 2. The maximum Gasteiger partial charge on any atom is 0.323 e. The van der Waals surface area contributed by atoms with Gasteiger partial charge in [0, 0.05) is 44.0 Å². The summed E-state index contributed by atoms with van der Waals surface area (Å²) in [6.45, 7) is 9.81. The van der Waals surface area contributed by atoms with E-state index >= 15 is 0 Å². The molecule has 1 aromatic heterocycles. The van der Waals surface area contributed by atoms with Crippen molar-refractivity contribution in [2.24, 2.45) is 5.92 Å². The summed E-state index contributed by atoms with van der Waals surface area (Å²) in [6, 6.07) is 10.5. The Balaban J connectivity index is 1.57. The molecule has 0 spiro atoms. The quantitative estimate of drug-likeness (QED) is 0.224. The second-order valence-electron chi connectivity index (χ2n) is 12.8. The summed E-state index contributed by atoms with van der Waals surface area (Å²) in [7, 11) is 3.25. The van der Waals surface area contributed by atoms with E-state index in [9.17, 15) is 19.5 Å². The number of hydrogen-bond acceptors (Lipinski definition) is 9. The van der Waals surface area contributed by atoms with Crippen LogP contribution < -0.4 is 25.4 Å². The molecule has 14 nitrogen and oxygen atoms in total. The fourth-order valence-electron chi connectivity index (χ4n) is 5.65. The van der Waals surface area contributed by atoms with Gasteiger partial charge < -0.3 is 49.6 Å². The van der Waals surface area contributed by atoms with E-state index in [4.69, 9.17) is 18.7 Å². The van der Waals surface area contributed by atoms with Gasteiger partial charge in [-0.25, -0.2) is 9.59 Å². The number of anilines is 3. The Morgan fingerprint density at radius 1 is 1.08 bits per heavy atom. The third-order valence-corrected chi connectivity index (χ3v) is 8.72. The Morgan fingerprint density at radius 2 is 1.78 bits per heavy atom. The van der Waals surface area contributed by atoms with E-state index in [1.54, 1.807) is 82.3 Å². The molecule has 2 aromatic carbocycles. The molecule has 4 N–H and O–H groups in total. The molecule has 0 aliphatic carbocycles. The van der Waals surface area contributed by atoms with Crippen LogP contribution in [-0.4, -0.2) is 96.7 Å². The molecule has 50 heavy (non-hydrogen) atoms. The van der Waals surface area contributed by atoms with Crippen LogP contribution >= 0.6 is 0 Å². The average molecular weight is 695 g/mol. The molecule has 0 saturated carbocycles. The minimum atomic E-state index is -0.556. The summed E-state index contributed by atoms with van der Waals surface area (Å²) in [4.78, 5) is 43.6. The lowest BCUT2D eigenvalue weighted by Crippen LogP contribution is -2.48. The maximum absolute atomic E-state index is 14.4. The first-order chi connectivity index (χ1) is 23.9. The van der Waals surface area contributed by atoms with Crippen LogP contribution in [0.1, 0.15) is 61.8 Å². The van der Waals surface area contributed by atoms with Gasteiger partial charge in [-0.2, -0.15) is 0 Å². The number of ether oxygens (including phenoxy) is 3. The smallest absolute Gasteiger partial charge is 0.323 e. The van der Waals surface area contributed by atoms with E-state index < -0.39 is 18.2 Å². The van der Waals surface area contributed by atoms with Gasteiger partial charge in [0.15, 0.2) is 5.76 Å². The van der Waals surface area contributed by atoms with Gasteiger partial charge >= 0.3 is 12.1 Å². The Bertz CT molecular complexity index is 1580. The summed E-state index contributed by atoms with van der Waals surface area (Å²) < 4.78 is 23.0. The van der Waals surface area contributed by atoms with E-state index in [1.165, 1.54) is 4.90 Å². The normalized spacial score (nSPS) is 19.3. The average Bonchev–Trinajstić information content (AvgIpc) is 3.41. The standard InChI is InChI=1S/C36H50N6O8/c1-22-19-42(23(2)21-43)34(44)30-18-28(38-35(45)37-27-11-14-29(47-7)15-12-27)13-16-31(30)49-24(3)10-8-9-17-48-32(22)20-41(6)36(46)39-33-25(4)40-50-26(33)5/h11-16,18,22-24,32,43H,8-10,17,19-21H2,1-7H3,(H,39,46)(H2,37,38,45)/t22-,23+,24+,32+/m0/s1. The van der Waals surface area contributed by atoms with Crippen LogP contribution in [0, 0.1) is 19.8 Å². The van der Waals surface area contributed by atoms with E-state index in [-0.39, 0.29) is 49.2 Å². The summed E-state index contributed by atoms with van der Waals surface area (Å²) in [6.07, 6.45) is 1.69. The largest absolute Gasteiger partial charge is 0.497 e. The van der Waals surface area contributed by atoms with Crippen molar-refractivity contribution in [2.45, 2.75) is 72.1 Å². The van der Waals surface area contributed by atoms with Crippen LogP contribution in [0.4, 0.5) is 26.7 Å². The predicted molar refractivity (Wildman–Crippen MR) is 190 cm³/mol. The number of methoxy groups -OCH3 is 1. The van der Waals surface area contributed by atoms with Gasteiger partial charge in [0.25, 0.3) is 5.91 Å². The highest BCUT2D eigenvalue weighted by atomic mass is 16.5. The lowest BCUT2D eigenvalue weighted by Gasteiger charge is -2.35. The molecule has 1 aliphatic heterocycles. The van der Waals surface area contributed by atoms with Crippen molar-refractivity contribution in [1.29, 1.82) is 0 Å². The van der Waals surface area contributed by atoms with Gasteiger partial charge in [0.1, 0.15) is 22.9 Å². The fourth-order valence-corrected chi connectivity index (χ4v) is 5.65. The molecule has 0 fully saturated rings. The molecule has 0 bridgehead atoms. The van der Waals surface area contributed by atoms with E-state index in [0.717, 1.165) is 19.3 Å². The third kappa shape index (κ3) is 10.1. The Morgan fingerprint density at radius 3 is 2.44 bits per heavy atom. The minimum Gasteiger partial charge on any atom is -0.497 e. The number of likely N-dealkylation sites (N-methyl/N-ethyl adjacent to an activating group) is 1. The predicted octanol–water partition coefficient (Wildman–Crippen LogP) is 5.90. The monoisotopic (exact) mass is 694 g/mol. The van der Waals surface area contributed by atoms with Crippen LogP contribution in [-0.2, 0) is 4.74 Å². The number of benzene rings is 2. The zero-order valence-corrected chi connectivity index (χ0v) is 29.9. The van der Waals surface area contributed by atoms with Crippen LogP contribution in [0.15, 0.2) is 47.0 Å². The molecule has 14 heteroatoms. The van der Waals surface area contributed by atoms with Gasteiger partial charge in [0.2, 0.25) is 0 Å². The van der Waals surface area contributed by atoms with E-state index in [1.807, 2.05) is 13.8 Å². The molecule has 4 rings (SSSR count). The van der Waals surface area contributed by atoms with Crippen LogP contribution in [0.3, 0.4) is 0 Å². The Labute approximate surface area is 293 Å². The number of carbonyl (C=O) groups is 3. The lowest BCUT2D eigenvalue weighted by molar-refractivity contribution is -0.0115. The molecule has 272 valence electrons. The number of nitrogens with one attached hydrogen (secondary N) is 3. The summed E-state index contributed by atoms with van der Waals surface area (Å²) >= 11 is 0.